The highest BCUT2D eigenvalue weighted by Crippen LogP contribution is 2.28. The van der Waals surface area contributed by atoms with Crippen LogP contribution in [0.5, 0.6) is 0 Å². The molecule has 3 aromatic rings. The van der Waals surface area contributed by atoms with Gasteiger partial charge < -0.3 is 5.32 Å². The van der Waals surface area contributed by atoms with E-state index in [1.54, 1.807) is 28.7 Å². The fraction of sp³-hybridized carbons (Fsp3) is 0.176. The minimum absolute atomic E-state index is 0.160. The van der Waals surface area contributed by atoms with E-state index in [1.807, 2.05) is 29.6 Å². The Balaban J connectivity index is 1.73. The monoisotopic (exact) mass is 317 g/mol. The van der Waals surface area contributed by atoms with Crippen molar-refractivity contribution in [3.8, 4) is 10.4 Å². The van der Waals surface area contributed by atoms with Crippen molar-refractivity contribution in [2.45, 2.75) is 19.5 Å². The van der Waals surface area contributed by atoms with Crippen molar-refractivity contribution in [2.75, 3.05) is 0 Å². The van der Waals surface area contributed by atoms with Crippen LogP contribution in [0.15, 0.2) is 53.2 Å². The van der Waals surface area contributed by atoms with Gasteiger partial charge in [0.2, 0.25) is 0 Å². The van der Waals surface area contributed by atoms with E-state index in [9.17, 15) is 4.39 Å². The summed E-state index contributed by atoms with van der Waals surface area (Å²) in [4.78, 5) is 2.29. The van der Waals surface area contributed by atoms with Crippen molar-refractivity contribution < 1.29 is 4.39 Å². The molecule has 0 fully saturated rings. The predicted molar refractivity (Wildman–Crippen MR) is 89.3 cm³/mol. The van der Waals surface area contributed by atoms with Crippen LogP contribution in [-0.4, -0.2) is 0 Å². The smallest absolute Gasteiger partial charge is 0.131 e. The lowest BCUT2D eigenvalue weighted by atomic mass is 10.1. The van der Waals surface area contributed by atoms with Crippen LogP contribution in [-0.2, 0) is 6.54 Å². The van der Waals surface area contributed by atoms with Crippen molar-refractivity contribution in [1.82, 2.24) is 5.32 Å². The van der Waals surface area contributed by atoms with Crippen LogP contribution in [0.1, 0.15) is 23.4 Å². The Morgan fingerprint density at radius 1 is 1.10 bits per heavy atom. The van der Waals surface area contributed by atoms with Crippen molar-refractivity contribution >= 4 is 22.7 Å². The summed E-state index contributed by atoms with van der Waals surface area (Å²) in [5.41, 5.74) is 1.79. The van der Waals surface area contributed by atoms with Crippen LogP contribution >= 0.6 is 22.7 Å². The van der Waals surface area contributed by atoms with Crippen molar-refractivity contribution in [1.29, 1.82) is 0 Å². The predicted octanol–water partition coefficient (Wildman–Crippen LogP) is 5.47. The molecule has 1 aromatic carbocycles. The van der Waals surface area contributed by atoms with Gasteiger partial charge in [-0.2, -0.15) is 0 Å². The third kappa shape index (κ3) is 3.40. The fourth-order valence-corrected chi connectivity index (χ4v) is 3.72. The van der Waals surface area contributed by atoms with E-state index in [0.29, 0.717) is 11.6 Å². The number of benzene rings is 1. The molecular formula is C17H16FNS2. The van der Waals surface area contributed by atoms with Gasteiger partial charge in [-0.25, -0.2) is 4.39 Å². The summed E-state index contributed by atoms with van der Waals surface area (Å²) in [5, 5.41) is 7.54. The molecule has 4 heteroatoms. The molecule has 0 radical (unpaired) electrons. The van der Waals surface area contributed by atoms with Crippen LogP contribution in [0.3, 0.4) is 0 Å². The molecule has 3 rings (SSSR count). The van der Waals surface area contributed by atoms with Gasteiger partial charge in [-0.15, -0.1) is 22.7 Å². The van der Waals surface area contributed by atoms with Gasteiger partial charge in [-0.05, 0) is 47.5 Å². The van der Waals surface area contributed by atoms with Crippen LogP contribution in [0.2, 0.25) is 0 Å². The highest BCUT2D eigenvalue weighted by molar-refractivity contribution is 7.13. The number of halogens is 1. The van der Waals surface area contributed by atoms with Gasteiger partial charge in [-0.3, -0.25) is 0 Å². The molecule has 0 aliphatic rings. The molecule has 0 bridgehead atoms. The third-order valence-electron chi connectivity index (χ3n) is 3.40. The Labute approximate surface area is 132 Å². The summed E-state index contributed by atoms with van der Waals surface area (Å²) in [6, 6.07) is 13.7. The molecule has 1 nitrogen and oxygen atoms in total. The second-order valence-corrected chi connectivity index (χ2v) is 6.84. The van der Waals surface area contributed by atoms with Crippen molar-refractivity contribution in [3.05, 3.63) is 69.5 Å². The molecule has 0 unspecified atom stereocenters. The molecule has 1 atom stereocenters. The first-order valence-electron chi connectivity index (χ1n) is 6.83. The van der Waals surface area contributed by atoms with Crippen LogP contribution < -0.4 is 5.32 Å². The molecule has 108 valence electrons. The maximum atomic E-state index is 13.9. The number of thiophene rings is 2. The van der Waals surface area contributed by atoms with Gasteiger partial charge in [0, 0.05) is 27.9 Å². The van der Waals surface area contributed by atoms with Crippen molar-refractivity contribution in [3.63, 3.8) is 0 Å². The Kier molecular flexibility index (Phi) is 4.48. The molecular weight excluding hydrogens is 301 g/mol. The molecule has 0 saturated heterocycles. The normalized spacial score (nSPS) is 12.5. The van der Waals surface area contributed by atoms with Crippen molar-refractivity contribution in [2.24, 2.45) is 0 Å². The lowest BCUT2D eigenvalue weighted by molar-refractivity contribution is 0.581. The molecule has 0 aliphatic heterocycles. The molecule has 21 heavy (non-hydrogen) atoms. The van der Waals surface area contributed by atoms with E-state index < -0.39 is 0 Å². The van der Waals surface area contributed by atoms with E-state index in [1.165, 1.54) is 4.88 Å². The molecule has 0 amide bonds. The first-order chi connectivity index (χ1) is 10.2. The number of nitrogens with one attached hydrogen (secondary N) is 1. The molecule has 0 aliphatic carbocycles. The number of hydrogen-bond donors (Lipinski definition) is 1. The second-order valence-electron chi connectivity index (χ2n) is 4.91. The van der Waals surface area contributed by atoms with Gasteiger partial charge in [0.1, 0.15) is 5.82 Å². The third-order valence-corrected chi connectivity index (χ3v) is 5.36. The SMILES string of the molecule is C[C@H](NCc1ccc(F)c(-c2cccs2)c1)c1cccs1. The summed E-state index contributed by atoms with van der Waals surface area (Å²) < 4.78 is 13.9. The number of hydrogen-bond acceptors (Lipinski definition) is 3. The second kappa shape index (κ2) is 6.52. The summed E-state index contributed by atoms with van der Waals surface area (Å²) in [6.07, 6.45) is 0. The van der Waals surface area contributed by atoms with Gasteiger partial charge in [-0.1, -0.05) is 18.2 Å². The first kappa shape index (κ1) is 14.4. The van der Waals surface area contributed by atoms with Crippen LogP contribution in [0.25, 0.3) is 10.4 Å². The van der Waals surface area contributed by atoms with E-state index in [-0.39, 0.29) is 5.82 Å². The number of rotatable bonds is 5. The Hall–Kier alpha value is -1.49. The lowest BCUT2D eigenvalue weighted by Crippen LogP contribution is -2.17. The van der Waals surface area contributed by atoms with Crippen LogP contribution in [0.4, 0.5) is 4.39 Å². The summed E-state index contributed by atoms with van der Waals surface area (Å²) in [5.74, 6) is -0.160. The highest BCUT2D eigenvalue weighted by atomic mass is 32.1. The summed E-state index contributed by atoms with van der Waals surface area (Å²) in [6.45, 7) is 2.88. The highest BCUT2D eigenvalue weighted by Gasteiger charge is 2.09. The zero-order chi connectivity index (χ0) is 14.7. The quantitative estimate of drug-likeness (QED) is 0.658. The van der Waals surface area contributed by atoms with E-state index in [0.717, 1.165) is 17.0 Å². The lowest BCUT2D eigenvalue weighted by Gasteiger charge is -2.13. The molecule has 2 heterocycles. The fourth-order valence-electron chi connectivity index (χ4n) is 2.21. The first-order valence-corrected chi connectivity index (χ1v) is 8.59. The van der Waals surface area contributed by atoms with Gasteiger partial charge in [0.05, 0.1) is 0 Å². The summed E-state index contributed by atoms with van der Waals surface area (Å²) >= 11 is 3.31. The van der Waals surface area contributed by atoms with E-state index >= 15 is 0 Å². The summed E-state index contributed by atoms with van der Waals surface area (Å²) in [7, 11) is 0. The van der Waals surface area contributed by atoms with Gasteiger partial charge in [0.15, 0.2) is 0 Å². The molecule has 1 N–H and O–H groups in total. The molecule has 0 saturated carbocycles. The molecule has 2 aromatic heterocycles. The van der Waals surface area contributed by atoms with Gasteiger partial charge >= 0.3 is 0 Å². The van der Waals surface area contributed by atoms with E-state index in [4.69, 9.17) is 0 Å². The van der Waals surface area contributed by atoms with Crippen LogP contribution in [0, 0.1) is 5.82 Å². The Morgan fingerprint density at radius 3 is 2.62 bits per heavy atom. The van der Waals surface area contributed by atoms with Gasteiger partial charge in [0.25, 0.3) is 0 Å². The zero-order valence-electron chi connectivity index (χ0n) is 11.7. The maximum absolute atomic E-state index is 13.9. The van der Waals surface area contributed by atoms with E-state index in [2.05, 4.69) is 29.8 Å². The maximum Gasteiger partial charge on any atom is 0.131 e. The zero-order valence-corrected chi connectivity index (χ0v) is 13.3. The Bertz CT molecular complexity index is 690. The average Bonchev–Trinajstić information content (AvgIpc) is 3.19. The standard InChI is InChI=1S/C17H16FNS2/c1-12(16-4-2-8-20-16)19-11-13-6-7-15(18)14(10-13)17-5-3-9-21-17/h2-10,12,19H,11H2,1H3/t12-/m0/s1. The largest absolute Gasteiger partial charge is 0.305 e. The minimum atomic E-state index is -0.160. The molecule has 0 spiro atoms. The Morgan fingerprint density at radius 2 is 1.90 bits per heavy atom. The average molecular weight is 317 g/mol. The topological polar surface area (TPSA) is 12.0 Å². The minimum Gasteiger partial charge on any atom is -0.305 e.